The first kappa shape index (κ1) is 17.2. The number of hydrogen-bond donors (Lipinski definition) is 1. The molecule has 0 spiro atoms. The van der Waals surface area contributed by atoms with E-state index in [1.165, 1.54) is 6.92 Å². The summed E-state index contributed by atoms with van der Waals surface area (Å²) in [5.74, 6) is 0.331. The van der Waals surface area contributed by atoms with Crippen molar-refractivity contribution in [3.05, 3.63) is 57.6 Å². The van der Waals surface area contributed by atoms with E-state index in [1.807, 2.05) is 26.0 Å². The minimum atomic E-state index is -0.280. The molecule has 120 valence electrons. The number of carbonyl (C=O) groups is 2. The number of carbonyl (C=O) groups excluding carboxylic acids is 2. The molecule has 0 unspecified atom stereocenters. The van der Waals surface area contributed by atoms with E-state index in [0.717, 1.165) is 15.6 Å². The summed E-state index contributed by atoms with van der Waals surface area (Å²) < 4.78 is 6.43. The number of ether oxygens (including phenoxy) is 1. The van der Waals surface area contributed by atoms with Gasteiger partial charge in [-0.25, -0.2) is 0 Å². The molecule has 4 nitrogen and oxygen atoms in total. The molecular weight excluding hydrogens is 358 g/mol. The van der Waals surface area contributed by atoms with Crippen LogP contribution in [0.25, 0.3) is 0 Å². The molecule has 2 aromatic carbocycles. The van der Waals surface area contributed by atoms with Crippen LogP contribution in [0.4, 0.5) is 5.69 Å². The van der Waals surface area contributed by atoms with Crippen LogP contribution in [0.2, 0.25) is 0 Å². The van der Waals surface area contributed by atoms with Gasteiger partial charge in [0.2, 0.25) is 0 Å². The van der Waals surface area contributed by atoms with Gasteiger partial charge in [0.05, 0.1) is 4.47 Å². The van der Waals surface area contributed by atoms with Crippen LogP contribution in [0.1, 0.15) is 28.4 Å². The molecule has 0 aromatic heterocycles. The monoisotopic (exact) mass is 375 g/mol. The quantitative estimate of drug-likeness (QED) is 0.793. The lowest BCUT2D eigenvalue weighted by Gasteiger charge is -2.12. The van der Waals surface area contributed by atoms with Crippen molar-refractivity contribution in [2.24, 2.45) is 0 Å². The molecule has 1 N–H and O–H groups in total. The number of hydrogen-bond acceptors (Lipinski definition) is 3. The van der Waals surface area contributed by atoms with Crippen LogP contribution in [-0.2, 0) is 4.79 Å². The van der Waals surface area contributed by atoms with E-state index < -0.39 is 0 Å². The fourth-order valence-electron chi connectivity index (χ4n) is 2.24. The van der Waals surface area contributed by atoms with Crippen molar-refractivity contribution in [3.8, 4) is 5.75 Å². The highest BCUT2D eigenvalue weighted by atomic mass is 79.9. The molecule has 0 fully saturated rings. The lowest BCUT2D eigenvalue weighted by Crippen LogP contribution is -2.20. The molecule has 0 saturated heterocycles. The van der Waals surface area contributed by atoms with E-state index >= 15 is 0 Å². The van der Waals surface area contributed by atoms with Crippen LogP contribution < -0.4 is 10.1 Å². The molecule has 0 aliphatic rings. The largest absolute Gasteiger partial charge is 0.482 e. The Bertz CT molecular complexity index is 733. The zero-order valence-electron chi connectivity index (χ0n) is 13.3. The van der Waals surface area contributed by atoms with Crippen molar-refractivity contribution < 1.29 is 14.3 Å². The third kappa shape index (κ3) is 4.66. The number of rotatable bonds is 5. The number of nitrogens with one attached hydrogen (secondary N) is 1. The first-order valence-corrected chi connectivity index (χ1v) is 7.96. The van der Waals surface area contributed by atoms with E-state index in [2.05, 4.69) is 21.2 Å². The second-order valence-corrected chi connectivity index (χ2v) is 6.22. The number of benzene rings is 2. The number of Topliss-reactive ketones (excluding diaryl/α,β-unsaturated/α-hetero) is 1. The fourth-order valence-corrected chi connectivity index (χ4v) is 3.02. The van der Waals surface area contributed by atoms with Crippen LogP contribution in [0.5, 0.6) is 5.75 Å². The molecule has 0 radical (unpaired) electrons. The standard InChI is InChI=1S/C18H18BrNO3/c1-11-7-12(2)18(16(19)8-11)23-10-17(22)20-15-6-4-5-14(9-15)13(3)21/h4-9H,10H2,1-3H3,(H,20,22). The van der Waals surface area contributed by atoms with Crippen LogP contribution in [0.15, 0.2) is 40.9 Å². The second kappa shape index (κ2) is 7.42. The van der Waals surface area contributed by atoms with E-state index in [-0.39, 0.29) is 18.3 Å². The summed E-state index contributed by atoms with van der Waals surface area (Å²) in [5.41, 5.74) is 3.21. The SMILES string of the molecule is CC(=O)c1cccc(NC(=O)COc2c(C)cc(C)cc2Br)c1. The molecule has 0 aliphatic heterocycles. The molecule has 5 heteroatoms. The third-order valence-electron chi connectivity index (χ3n) is 3.27. The van der Waals surface area contributed by atoms with Gasteiger partial charge in [0.1, 0.15) is 5.75 Å². The average Bonchev–Trinajstić information content (AvgIpc) is 2.46. The summed E-state index contributed by atoms with van der Waals surface area (Å²) in [6, 6.07) is 10.8. The topological polar surface area (TPSA) is 55.4 Å². The average molecular weight is 376 g/mol. The van der Waals surface area contributed by atoms with Gasteiger partial charge in [-0.05, 0) is 66.0 Å². The van der Waals surface area contributed by atoms with E-state index in [9.17, 15) is 9.59 Å². The van der Waals surface area contributed by atoms with E-state index in [1.54, 1.807) is 24.3 Å². The highest BCUT2D eigenvalue weighted by Crippen LogP contribution is 2.30. The highest BCUT2D eigenvalue weighted by Gasteiger charge is 2.10. The van der Waals surface area contributed by atoms with Crippen molar-refractivity contribution in [2.45, 2.75) is 20.8 Å². The van der Waals surface area contributed by atoms with Gasteiger partial charge in [-0.1, -0.05) is 18.2 Å². The van der Waals surface area contributed by atoms with E-state index in [4.69, 9.17) is 4.74 Å². The van der Waals surface area contributed by atoms with Gasteiger partial charge >= 0.3 is 0 Å². The number of amides is 1. The van der Waals surface area contributed by atoms with E-state index in [0.29, 0.717) is 17.0 Å². The van der Waals surface area contributed by atoms with Gasteiger partial charge in [-0.3, -0.25) is 9.59 Å². The smallest absolute Gasteiger partial charge is 0.262 e. The maximum atomic E-state index is 12.0. The third-order valence-corrected chi connectivity index (χ3v) is 3.86. The molecule has 0 bridgehead atoms. The number of halogens is 1. The first-order chi connectivity index (χ1) is 10.9. The summed E-state index contributed by atoms with van der Waals surface area (Å²) in [7, 11) is 0. The zero-order valence-corrected chi connectivity index (χ0v) is 14.9. The maximum Gasteiger partial charge on any atom is 0.262 e. The molecule has 0 aliphatic carbocycles. The first-order valence-electron chi connectivity index (χ1n) is 7.17. The Morgan fingerprint density at radius 2 is 1.91 bits per heavy atom. The molecule has 2 aromatic rings. The molecule has 0 heterocycles. The summed E-state index contributed by atoms with van der Waals surface area (Å²) in [6.07, 6.45) is 0. The maximum absolute atomic E-state index is 12.0. The highest BCUT2D eigenvalue weighted by molar-refractivity contribution is 9.10. The molecular formula is C18H18BrNO3. The van der Waals surface area contributed by atoms with Crippen molar-refractivity contribution in [1.29, 1.82) is 0 Å². The number of aryl methyl sites for hydroxylation is 2. The summed E-state index contributed by atoms with van der Waals surface area (Å²) in [5, 5.41) is 2.73. The Balaban J connectivity index is 2.01. The Hall–Kier alpha value is -2.14. The Morgan fingerprint density at radius 1 is 1.17 bits per heavy atom. The van der Waals surface area contributed by atoms with Crippen LogP contribution in [0, 0.1) is 13.8 Å². The van der Waals surface area contributed by atoms with Crippen LogP contribution in [0.3, 0.4) is 0 Å². The molecule has 23 heavy (non-hydrogen) atoms. The molecule has 0 saturated carbocycles. The number of ketones is 1. The van der Waals surface area contributed by atoms with Gasteiger partial charge in [0.25, 0.3) is 5.91 Å². The van der Waals surface area contributed by atoms with Crippen LogP contribution >= 0.6 is 15.9 Å². The molecule has 0 atom stereocenters. The van der Waals surface area contributed by atoms with Gasteiger partial charge in [0, 0.05) is 11.3 Å². The number of anilines is 1. The van der Waals surface area contributed by atoms with Crippen molar-refractivity contribution in [1.82, 2.24) is 0 Å². The zero-order chi connectivity index (χ0) is 17.0. The normalized spacial score (nSPS) is 10.3. The lowest BCUT2D eigenvalue weighted by atomic mass is 10.1. The minimum Gasteiger partial charge on any atom is -0.482 e. The van der Waals surface area contributed by atoms with Crippen molar-refractivity contribution >= 4 is 33.3 Å². The molecule has 1 amide bonds. The van der Waals surface area contributed by atoms with Gasteiger partial charge in [-0.15, -0.1) is 0 Å². The van der Waals surface area contributed by atoms with Crippen molar-refractivity contribution in [3.63, 3.8) is 0 Å². The Labute approximate surface area is 144 Å². The van der Waals surface area contributed by atoms with Gasteiger partial charge < -0.3 is 10.1 Å². The van der Waals surface area contributed by atoms with Crippen molar-refractivity contribution in [2.75, 3.05) is 11.9 Å². The second-order valence-electron chi connectivity index (χ2n) is 5.37. The Kier molecular flexibility index (Phi) is 5.55. The summed E-state index contributed by atoms with van der Waals surface area (Å²) >= 11 is 3.45. The minimum absolute atomic E-state index is 0.0449. The fraction of sp³-hybridized carbons (Fsp3) is 0.222. The molecule has 2 rings (SSSR count). The summed E-state index contributed by atoms with van der Waals surface area (Å²) in [4.78, 5) is 23.4. The lowest BCUT2D eigenvalue weighted by molar-refractivity contribution is -0.118. The summed E-state index contributed by atoms with van der Waals surface area (Å²) in [6.45, 7) is 5.31. The van der Waals surface area contributed by atoms with Gasteiger partial charge in [-0.2, -0.15) is 0 Å². The van der Waals surface area contributed by atoms with Crippen LogP contribution in [-0.4, -0.2) is 18.3 Å². The Morgan fingerprint density at radius 3 is 2.57 bits per heavy atom. The predicted molar refractivity (Wildman–Crippen MR) is 94.2 cm³/mol. The predicted octanol–water partition coefficient (Wildman–Crippen LogP) is 4.29. The van der Waals surface area contributed by atoms with Gasteiger partial charge in [0.15, 0.2) is 12.4 Å².